The Morgan fingerprint density at radius 1 is 0.524 bits per heavy atom. The summed E-state index contributed by atoms with van der Waals surface area (Å²) >= 11 is 3.93. The molecule has 5 aromatic rings. The summed E-state index contributed by atoms with van der Waals surface area (Å²) in [4.78, 5) is 2.66. The molecule has 9 rings (SSSR count). The summed E-state index contributed by atoms with van der Waals surface area (Å²) in [5, 5.41) is 5.53. The zero-order valence-corrected chi connectivity index (χ0v) is 24.4. The molecule has 0 bridgehead atoms. The van der Waals surface area contributed by atoms with Crippen LogP contribution in [0.2, 0.25) is 0 Å². The molecule has 2 nitrogen and oxygen atoms in total. The van der Waals surface area contributed by atoms with E-state index in [0.717, 1.165) is 0 Å². The molecule has 2 unspecified atom stereocenters. The van der Waals surface area contributed by atoms with Crippen LogP contribution in [-0.4, -0.2) is 26.5 Å². The SMILES string of the molecule is C1=CC2=[N+](c3cccc4ccccc34)C3=CC4=[N+](c5cccc6ccccc56)c5ccccc5SC4C=C3SC2C=C1. The Morgan fingerprint density at radius 3 is 1.95 bits per heavy atom. The minimum Gasteiger partial charge on any atom is -0.155 e. The molecule has 0 fully saturated rings. The van der Waals surface area contributed by atoms with E-state index in [1.165, 1.54) is 65.5 Å². The first-order valence-electron chi connectivity index (χ1n) is 14.3. The lowest BCUT2D eigenvalue weighted by molar-refractivity contribution is -0.377. The van der Waals surface area contributed by atoms with E-state index in [0.29, 0.717) is 0 Å². The Labute approximate surface area is 253 Å². The molecule has 198 valence electrons. The molecule has 4 heteroatoms. The third-order valence-corrected chi connectivity index (χ3v) is 11.0. The highest BCUT2D eigenvalue weighted by atomic mass is 32.2. The van der Waals surface area contributed by atoms with Gasteiger partial charge in [-0.25, -0.2) is 0 Å². The first-order valence-corrected chi connectivity index (χ1v) is 16.1. The largest absolute Gasteiger partial charge is 0.231 e. The van der Waals surface area contributed by atoms with Crippen LogP contribution in [0.4, 0.5) is 17.1 Å². The van der Waals surface area contributed by atoms with E-state index in [1.807, 2.05) is 23.5 Å². The van der Waals surface area contributed by atoms with Gasteiger partial charge in [-0.1, -0.05) is 91.0 Å². The summed E-state index contributed by atoms with van der Waals surface area (Å²) < 4.78 is 5.03. The first-order chi connectivity index (χ1) is 20.8. The molecular formula is C38H26N2S2+2. The lowest BCUT2D eigenvalue weighted by Crippen LogP contribution is -2.36. The normalized spacial score (nSPS) is 20.6. The van der Waals surface area contributed by atoms with Crippen LogP contribution in [0.5, 0.6) is 0 Å². The highest BCUT2D eigenvalue weighted by Crippen LogP contribution is 2.48. The second-order valence-corrected chi connectivity index (χ2v) is 13.2. The van der Waals surface area contributed by atoms with Gasteiger partial charge in [0.25, 0.3) is 0 Å². The van der Waals surface area contributed by atoms with Crippen LogP contribution >= 0.6 is 23.5 Å². The first kappa shape index (κ1) is 24.2. The number of fused-ring (bicyclic) bond motifs is 6. The molecular weight excluding hydrogens is 549 g/mol. The summed E-state index contributed by atoms with van der Waals surface area (Å²) in [6, 6.07) is 39.7. The third kappa shape index (κ3) is 3.69. The van der Waals surface area contributed by atoms with Gasteiger partial charge in [0, 0.05) is 24.3 Å². The maximum absolute atomic E-state index is 2.52. The minimum absolute atomic E-state index is 0.212. The summed E-state index contributed by atoms with van der Waals surface area (Å²) in [5.41, 5.74) is 7.55. The quantitative estimate of drug-likeness (QED) is 0.194. The van der Waals surface area contributed by atoms with Gasteiger partial charge < -0.3 is 0 Å². The fourth-order valence-electron chi connectivity index (χ4n) is 6.61. The molecule has 2 aliphatic carbocycles. The van der Waals surface area contributed by atoms with E-state index in [9.17, 15) is 0 Å². The molecule has 0 aromatic heterocycles. The second-order valence-electron chi connectivity index (χ2n) is 10.9. The van der Waals surface area contributed by atoms with E-state index in [-0.39, 0.29) is 10.5 Å². The zero-order chi connectivity index (χ0) is 27.6. The number of hydrogen-bond acceptors (Lipinski definition) is 2. The molecule has 0 spiro atoms. The van der Waals surface area contributed by atoms with Gasteiger partial charge in [-0.3, -0.25) is 0 Å². The van der Waals surface area contributed by atoms with Crippen LogP contribution < -0.4 is 4.58 Å². The highest BCUT2D eigenvalue weighted by Gasteiger charge is 2.45. The van der Waals surface area contributed by atoms with Crippen LogP contribution in [0.3, 0.4) is 0 Å². The molecule has 2 aliphatic heterocycles. The van der Waals surface area contributed by atoms with Crippen LogP contribution in [0.1, 0.15) is 0 Å². The predicted molar refractivity (Wildman–Crippen MR) is 181 cm³/mol. The molecule has 5 aromatic carbocycles. The Balaban J connectivity index is 1.37. The van der Waals surface area contributed by atoms with Gasteiger partial charge in [0.2, 0.25) is 34.2 Å². The van der Waals surface area contributed by atoms with Gasteiger partial charge in [-0.15, -0.1) is 23.5 Å². The van der Waals surface area contributed by atoms with E-state index < -0.39 is 0 Å². The van der Waals surface area contributed by atoms with Crippen molar-refractivity contribution in [2.24, 2.45) is 0 Å². The molecule has 0 N–H and O–H groups in total. The van der Waals surface area contributed by atoms with Gasteiger partial charge in [-0.05, 0) is 35.0 Å². The van der Waals surface area contributed by atoms with Crippen molar-refractivity contribution < 1.29 is 4.58 Å². The van der Waals surface area contributed by atoms with E-state index in [2.05, 4.69) is 155 Å². The summed E-state index contributed by atoms with van der Waals surface area (Å²) in [5.74, 6) is 0. The Hall–Kier alpha value is -4.38. The number of nitrogens with zero attached hydrogens (tertiary/aromatic N) is 2. The van der Waals surface area contributed by atoms with Gasteiger partial charge >= 0.3 is 0 Å². The lowest BCUT2D eigenvalue weighted by Gasteiger charge is -2.29. The van der Waals surface area contributed by atoms with E-state index in [4.69, 9.17) is 0 Å². The standard InChI is InChI=1S/C38H26N2S2/c1-3-15-27-25(11-1)13-9-19-29(27)39-31-17-5-7-21-35(31)41-37-24-38-34(23-33(37)39)40(32-18-6-8-22-36(32)42-38)30-20-10-14-26-12-2-4-16-28(26)30/h1-24,35,38H/q+2. The molecule has 2 heterocycles. The van der Waals surface area contributed by atoms with Crippen LogP contribution in [-0.2, 0) is 0 Å². The third-order valence-electron chi connectivity index (χ3n) is 8.47. The van der Waals surface area contributed by atoms with Crippen molar-refractivity contribution in [3.8, 4) is 0 Å². The van der Waals surface area contributed by atoms with Crippen molar-refractivity contribution in [1.82, 2.24) is 4.58 Å². The fraction of sp³-hybridized carbons (Fsp3) is 0.0526. The summed E-state index contributed by atoms with van der Waals surface area (Å²) in [6.07, 6.45) is 14.0. The number of para-hydroxylation sites is 1. The molecule has 4 aliphatic rings. The molecule has 0 saturated carbocycles. The molecule has 0 radical (unpaired) electrons. The average Bonchev–Trinajstić information content (AvgIpc) is 3.05. The Bertz CT molecular complexity index is 2150. The Morgan fingerprint density at radius 2 is 1.17 bits per heavy atom. The summed E-state index contributed by atoms with van der Waals surface area (Å²) in [6.45, 7) is 0. The molecule has 2 atom stereocenters. The number of allylic oxidation sites excluding steroid dienone is 4. The van der Waals surface area contributed by atoms with Gasteiger partial charge in [0.15, 0.2) is 0 Å². The Kier molecular flexibility index (Phi) is 5.53. The topological polar surface area (TPSA) is 6.02 Å². The minimum atomic E-state index is 0.212. The van der Waals surface area contributed by atoms with Crippen molar-refractivity contribution in [3.63, 3.8) is 0 Å². The van der Waals surface area contributed by atoms with Crippen LogP contribution in [0.15, 0.2) is 161 Å². The van der Waals surface area contributed by atoms with Crippen molar-refractivity contribution >= 4 is 73.6 Å². The summed E-state index contributed by atoms with van der Waals surface area (Å²) in [7, 11) is 0. The number of benzene rings is 5. The molecule has 0 saturated heterocycles. The second kappa shape index (κ2) is 9.59. The van der Waals surface area contributed by atoms with Crippen molar-refractivity contribution in [3.05, 3.63) is 156 Å². The van der Waals surface area contributed by atoms with Gasteiger partial charge in [-0.2, -0.15) is 9.15 Å². The molecule has 42 heavy (non-hydrogen) atoms. The van der Waals surface area contributed by atoms with E-state index in [1.54, 1.807) is 0 Å². The van der Waals surface area contributed by atoms with Crippen LogP contribution in [0, 0.1) is 0 Å². The maximum Gasteiger partial charge on any atom is 0.231 e. The molecule has 0 amide bonds. The van der Waals surface area contributed by atoms with Gasteiger partial charge in [0.1, 0.15) is 10.5 Å². The zero-order valence-electron chi connectivity index (χ0n) is 22.7. The van der Waals surface area contributed by atoms with E-state index >= 15 is 0 Å². The smallest absolute Gasteiger partial charge is 0.155 e. The number of rotatable bonds is 2. The van der Waals surface area contributed by atoms with Crippen LogP contribution in [0.25, 0.3) is 21.5 Å². The van der Waals surface area contributed by atoms with Crippen molar-refractivity contribution in [2.75, 3.05) is 0 Å². The maximum atomic E-state index is 2.52. The predicted octanol–water partition coefficient (Wildman–Crippen LogP) is 9.55. The highest BCUT2D eigenvalue weighted by molar-refractivity contribution is 8.05. The van der Waals surface area contributed by atoms with Gasteiger partial charge in [0.05, 0.1) is 26.6 Å². The average molecular weight is 575 g/mol. The monoisotopic (exact) mass is 574 g/mol. The lowest BCUT2D eigenvalue weighted by atomic mass is 10.0. The van der Waals surface area contributed by atoms with Crippen molar-refractivity contribution in [1.29, 1.82) is 0 Å². The number of thioether (sulfide) groups is 2. The number of hydrogen-bond donors (Lipinski definition) is 0. The fourth-order valence-corrected chi connectivity index (χ4v) is 9.14. The van der Waals surface area contributed by atoms with Crippen molar-refractivity contribution in [2.45, 2.75) is 15.4 Å².